The number of benzene rings is 2. The van der Waals surface area contributed by atoms with Crippen molar-refractivity contribution in [2.45, 2.75) is 0 Å². The summed E-state index contributed by atoms with van der Waals surface area (Å²) < 4.78 is 5.04. The monoisotopic (exact) mass is 312 g/mol. The van der Waals surface area contributed by atoms with Gasteiger partial charge >= 0.3 is 0 Å². The summed E-state index contributed by atoms with van der Waals surface area (Å²) in [7, 11) is 1.56. The molecule has 110 valence electrons. The van der Waals surface area contributed by atoms with E-state index in [1.165, 1.54) is 6.08 Å². The minimum Gasteiger partial charge on any atom is -0.497 e. The summed E-state index contributed by atoms with van der Waals surface area (Å²) in [5, 5.41) is 12.4. The van der Waals surface area contributed by atoms with Crippen LogP contribution in [0, 0.1) is 11.3 Å². The molecule has 2 aromatic carbocycles. The highest BCUT2D eigenvalue weighted by Gasteiger charge is 2.09. The predicted octanol–water partition coefficient (Wildman–Crippen LogP) is 3.89. The molecular weight excluding hydrogens is 300 g/mol. The van der Waals surface area contributed by atoms with E-state index >= 15 is 0 Å². The molecule has 0 unspecified atom stereocenters. The normalized spacial score (nSPS) is 10.7. The lowest BCUT2D eigenvalue weighted by Crippen LogP contribution is -2.13. The Morgan fingerprint density at radius 2 is 2.00 bits per heavy atom. The Labute approximate surface area is 133 Å². The Morgan fingerprint density at radius 3 is 2.59 bits per heavy atom. The zero-order valence-corrected chi connectivity index (χ0v) is 12.6. The van der Waals surface area contributed by atoms with Crippen molar-refractivity contribution in [3.63, 3.8) is 0 Å². The molecule has 0 atom stereocenters. The van der Waals surface area contributed by atoms with E-state index in [9.17, 15) is 4.79 Å². The number of anilines is 1. The van der Waals surface area contributed by atoms with Crippen LogP contribution in [0.2, 0.25) is 5.02 Å². The second-order valence-electron chi connectivity index (χ2n) is 4.41. The summed E-state index contributed by atoms with van der Waals surface area (Å²) in [6.45, 7) is 0. The largest absolute Gasteiger partial charge is 0.497 e. The number of nitrogens with one attached hydrogen (secondary N) is 1. The summed E-state index contributed by atoms with van der Waals surface area (Å²) in [6, 6.07) is 15.7. The van der Waals surface area contributed by atoms with E-state index in [0.29, 0.717) is 22.0 Å². The van der Waals surface area contributed by atoms with E-state index < -0.39 is 5.91 Å². The van der Waals surface area contributed by atoms with Gasteiger partial charge in [-0.05, 0) is 48.0 Å². The first-order chi connectivity index (χ1) is 10.6. The second-order valence-corrected chi connectivity index (χ2v) is 4.84. The van der Waals surface area contributed by atoms with E-state index in [2.05, 4.69) is 5.32 Å². The SMILES string of the molecule is COc1ccc(NC(=O)/C(C#N)=C/c2cccc(Cl)c2)cc1. The van der Waals surface area contributed by atoms with Gasteiger partial charge in [-0.3, -0.25) is 4.79 Å². The van der Waals surface area contributed by atoms with Crippen LogP contribution in [0.15, 0.2) is 54.1 Å². The Balaban J connectivity index is 2.16. The Bertz CT molecular complexity index is 746. The molecule has 0 fully saturated rings. The molecule has 22 heavy (non-hydrogen) atoms. The van der Waals surface area contributed by atoms with Crippen molar-refractivity contribution in [3.8, 4) is 11.8 Å². The van der Waals surface area contributed by atoms with Crippen molar-refractivity contribution >= 4 is 29.3 Å². The number of hydrogen-bond donors (Lipinski definition) is 1. The van der Waals surface area contributed by atoms with Crippen molar-refractivity contribution in [2.75, 3.05) is 12.4 Å². The highest BCUT2D eigenvalue weighted by molar-refractivity contribution is 6.30. The van der Waals surface area contributed by atoms with E-state index in [0.717, 1.165) is 0 Å². The average Bonchev–Trinajstić information content (AvgIpc) is 2.53. The maximum Gasteiger partial charge on any atom is 0.266 e. The average molecular weight is 313 g/mol. The molecule has 2 aromatic rings. The summed E-state index contributed by atoms with van der Waals surface area (Å²) in [5.41, 5.74) is 1.27. The molecular formula is C17H13ClN2O2. The van der Waals surface area contributed by atoms with Crippen LogP contribution in [0.5, 0.6) is 5.75 Å². The van der Waals surface area contributed by atoms with Crippen LogP contribution in [0.4, 0.5) is 5.69 Å². The Kier molecular flexibility index (Phi) is 5.18. The maximum absolute atomic E-state index is 12.1. The molecule has 0 spiro atoms. The quantitative estimate of drug-likeness (QED) is 0.688. The fraction of sp³-hybridized carbons (Fsp3) is 0.0588. The molecule has 0 aromatic heterocycles. The van der Waals surface area contributed by atoms with Crippen molar-refractivity contribution in [3.05, 3.63) is 64.7 Å². The van der Waals surface area contributed by atoms with E-state index in [1.807, 2.05) is 6.07 Å². The highest BCUT2D eigenvalue weighted by Crippen LogP contribution is 2.17. The lowest BCUT2D eigenvalue weighted by molar-refractivity contribution is -0.112. The zero-order chi connectivity index (χ0) is 15.9. The minimum atomic E-state index is -0.479. The van der Waals surface area contributed by atoms with Gasteiger partial charge in [0.25, 0.3) is 5.91 Å². The predicted molar refractivity (Wildman–Crippen MR) is 86.7 cm³/mol. The molecule has 0 saturated heterocycles. The number of carbonyl (C=O) groups is 1. The number of carbonyl (C=O) groups excluding carboxylic acids is 1. The number of hydrogen-bond acceptors (Lipinski definition) is 3. The molecule has 0 aliphatic heterocycles. The van der Waals surface area contributed by atoms with Crippen LogP contribution in [-0.2, 0) is 4.79 Å². The van der Waals surface area contributed by atoms with Crippen LogP contribution in [0.1, 0.15) is 5.56 Å². The molecule has 0 aliphatic carbocycles. The van der Waals surface area contributed by atoms with E-state index in [-0.39, 0.29) is 5.57 Å². The third-order valence-electron chi connectivity index (χ3n) is 2.87. The molecule has 0 radical (unpaired) electrons. The number of amides is 1. The first-order valence-electron chi connectivity index (χ1n) is 6.45. The molecule has 2 rings (SSSR count). The van der Waals surface area contributed by atoms with Gasteiger partial charge in [-0.15, -0.1) is 0 Å². The zero-order valence-electron chi connectivity index (χ0n) is 11.8. The lowest BCUT2D eigenvalue weighted by Gasteiger charge is -2.05. The van der Waals surface area contributed by atoms with Crippen molar-refractivity contribution < 1.29 is 9.53 Å². The molecule has 1 N–H and O–H groups in total. The summed E-state index contributed by atoms with van der Waals surface area (Å²) in [6.07, 6.45) is 1.49. The lowest BCUT2D eigenvalue weighted by atomic mass is 10.1. The van der Waals surface area contributed by atoms with Gasteiger partial charge in [0.1, 0.15) is 17.4 Å². The first-order valence-corrected chi connectivity index (χ1v) is 6.83. The molecule has 0 bridgehead atoms. The topological polar surface area (TPSA) is 62.1 Å². The maximum atomic E-state index is 12.1. The Hall–Kier alpha value is -2.77. The smallest absolute Gasteiger partial charge is 0.266 e. The highest BCUT2D eigenvalue weighted by atomic mass is 35.5. The standard InChI is InChI=1S/C17H13ClN2O2/c1-22-16-7-5-15(6-8-16)20-17(21)13(11-19)9-12-3-2-4-14(18)10-12/h2-10H,1H3,(H,20,21)/b13-9+. The number of rotatable bonds is 4. The Morgan fingerprint density at radius 1 is 1.27 bits per heavy atom. The molecule has 4 nitrogen and oxygen atoms in total. The van der Waals surface area contributed by atoms with Gasteiger partial charge in [0.05, 0.1) is 7.11 Å². The minimum absolute atomic E-state index is 0.00177. The number of nitriles is 1. The van der Waals surface area contributed by atoms with Gasteiger partial charge in [0.2, 0.25) is 0 Å². The van der Waals surface area contributed by atoms with Gasteiger partial charge in [-0.25, -0.2) is 0 Å². The first kappa shape index (κ1) is 15.6. The van der Waals surface area contributed by atoms with Gasteiger partial charge < -0.3 is 10.1 Å². The number of nitrogens with zero attached hydrogens (tertiary/aromatic N) is 1. The second kappa shape index (κ2) is 7.30. The van der Waals surface area contributed by atoms with Crippen molar-refractivity contribution in [1.29, 1.82) is 5.26 Å². The number of ether oxygens (including phenoxy) is 1. The third kappa shape index (κ3) is 4.11. The number of halogens is 1. The van der Waals surface area contributed by atoms with Gasteiger partial charge in [-0.1, -0.05) is 23.7 Å². The van der Waals surface area contributed by atoms with Crippen LogP contribution >= 0.6 is 11.6 Å². The van der Waals surface area contributed by atoms with Gasteiger partial charge in [0.15, 0.2) is 0 Å². The molecule has 5 heteroatoms. The van der Waals surface area contributed by atoms with Crippen molar-refractivity contribution in [2.24, 2.45) is 0 Å². The van der Waals surface area contributed by atoms with E-state index in [4.69, 9.17) is 21.6 Å². The fourth-order valence-electron chi connectivity index (χ4n) is 1.78. The molecule has 0 aliphatic rings. The van der Waals surface area contributed by atoms with Crippen LogP contribution < -0.4 is 10.1 Å². The van der Waals surface area contributed by atoms with Gasteiger partial charge in [0, 0.05) is 10.7 Å². The molecule has 0 saturated carbocycles. The van der Waals surface area contributed by atoms with Crippen LogP contribution in [-0.4, -0.2) is 13.0 Å². The van der Waals surface area contributed by atoms with Crippen molar-refractivity contribution in [1.82, 2.24) is 0 Å². The third-order valence-corrected chi connectivity index (χ3v) is 3.11. The molecule has 0 heterocycles. The summed E-state index contributed by atoms with van der Waals surface area (Å²) in [5.74, 6) is 0.209. The van der Waals surface area contributed by atoms with Crippen LogP contribution in [0.25, 0.3) is 6.08 Å². The fourth-order valence-corrected chi connectivity index (χ4v) is 1.98. The summed E-state index contributed by atoms with van der Waals surface area (Å²) in [4.78, 5) is 12.1. The number of methoxy groups -OCH3 is 1. The van der Waals surface area contributed by atoms with Crippen LogP contribution in [0.3, 0.4) is 0 Å². The van der Waals surface area contributed by atoms with Gasteiger partial charge in [-0.2, -0.15) is 5.26 Å². The summed E-state index contributed by atoms with van der Waals surface area (Å²) >= 11 is 5.88. The van der Waals surface area contributed by atoms with E-state index in [1.54, 1.807) is 55.6 Å². The molecule has 1 amide bonds.